The normalized spacial score (nSPS) is 11.6. The molecule has 2 aromatic carbocycles. The lowest BCUT2D eigenvalue weighted by molar-refractivity contribution is -0.121. The van der Waals surface area contributed by atoms with Gasteiger partial charge in [0.15, 0.2) is 0 Å². The second-order valence-electron chi connectivity index (χ2n) is 5.79. The number of carbonyl (C=O) groups excluding carboxylic acids is 1. The molecule has 4 heteroatoms. The van der Waals surface area contributed by atoms with E-state index in [9.17, 15) is 4.79 Å². The summed E-state index contributed by atoms with van der Waals surface area (Å²) in [7, 11) is 3.31. The quantitative estimate of drug-likeness (QED) is 0.806. The third-order valence-corrected chi connectivity index (χ3v) is 4.09. The van der Waals surface area contributed by atoms with Crippen LogP contribution in [0.15, 0.2) is 48.5 Å². The Kier molecular flexibility index (Phi) is 6.67. The summed E-state index contributed by atoms with van der Waals surface area (Å²) in [5.41, 5.74) is 2.24. The Balaban J connectivity index is 1.80. The van der Waals surface area contributed by atoms with E-state index in [2.05, 4.69) is 12.2 Å². The Labute approximate surface area is 143 Å². The van der Waals surface area contributed by atoms with Crippen molar-refractivity contribution < 1.29 is 14.3 Å². The first kappa shape index (κ1) is 17.9. The summed E-state index contributed by atoms with van der Waals surface area (Å²) in [6, 6.07) is 15.7. The molecule has 1 unspecified atom stereocenters. The number of carbonyl (C=O) groups is 1. The van der Waals surface area contributed by atoms with Crippen LogP contribution in [0.5, 0.6) is 11.5 Å². The van der Waals surface area contributed by atoms with Crippen LogP contribution in [0, 0.1) is 0 Å². The summed E-state index contributed by atoms with van der Waals surface area (Å²) in [4.78, 5) is 12.1. The molecule has 1 amide bonds. The first-order valence-electron chi connectivity index (χ1n) is 8.16. The highest BCUT2D eigenvalue weighted by molar-refractivity contribution is 5.76. The first-order chi connectivity index (χ1) is 11.6. The molecule has 0 bridgehead atoms. The Bertz CT molecular complexity index is 652. The van der Waals surface area contributed by atoms with E-state index in [1.807, 2.05) is 48.5 Å². The second-order valence-corrected chi connectivity index (χ2v) is 5.79. The predicted octanol–water partition coefficient (Wildman–Crippen LogP) is 3.56. The Morgan fingerprint density at radius 2 is 1.75 bits per heavy atom. The van der Waals surface area contributed by atoms with Gasteiger partial charge in [-0.3, -0.25) is 4.79 Å². The number of nitrogens with one attached hydrogen (secondary N) is 1. The standard InChI is InChI=1S/C20H25NO3/c1-15(16-8-10-18(23-2)11-9-16)14-20(22)21-13-12-17-6-4-5-7-19(17)24-3/h4-11,15H,12-14H2,1-3H3,(H,21,22). The van der Waals surface area contributed by atoms with Crippen molar-refractivity contribution in [2.45, 2.75) is 25.7 Å². The zero-order chi connectivity index (χ0) is 17.4. The number of para-hydroxylation sites is 1. The number of amides is 1. The molecule has 0 radical (unpaired) electrons. The van der Waals surface area contributed by atoms with Crippen molar-refractivity contribution in [2.24, 2.45) is 0 Å². The second kappa shape index (κ2) is 8.96. The zero-order valence-electron chi connectivity index (χ0n) is 14.5. The molecule has 24 heavy (non-hydrogen) atoms. The molecule has 128 valence electrons. The molecule has 0 aliphatic rings. The minimum atomic E-state index is 0.0632. The SMILES string of the molecule is COc1ccc(C(C)CC(=O)NCCc2ccccc2OC)cc1. The van der Waals surface area contributed by atoms with Gasteiger partial charge in [0.05, 0.1) is 14.2 Å². The summed E-state index contributed by atoms with van der Waals surface area (Å²) < 4.78 is 10.5. The molecular formula is C20H25NO3. The van der Waals surface area contributed by atoms with Gasteiger partial charge >= 0.3 is 0 Å². The van der Waals surface area contributed by atoms with Crippen LogP contribution in [0.1, 0.15) is 30.4 Å². The van der Waals surface area contributed by atoms with Crippen molar-refractivity contribution in [1.29, 1.82) is 0 Å². The van der Waals surface area contributed by atoms with Crippen molar-refractivity contribution in [1.82, 2.24) is 5.32 Å². The molecule has 0 aliphatic carbocycles. The van der Waals surface area contributed by atoms with E-state index < -0.39 is 0 Å². The molecule has 4 nitrogen and oxygen atoms in total. The molecule has 0 fully saturated rings. The average Bonchev–Trinajstić information content (AvgIpc) is 2.62. The molecule has 0 saturated carbocycles. The molecule has 2 aromatic rings. The fourth-order valence-corrected chi connectivity index (χ4v) is 2.65. The van der Waals surface area contributed by atoms with Crippen LogP contribution in [-0.2, 0) is 11.2 Å². The molecule has 2 rings (SSSR count). The summed E-state index contributed by atoms with van der Waals surface area (Å²) in [5, 5.41) is 2.99. The average molecular weight is 327 g/mol. The number of methoxy groups -OCH3 is 2. The van der Waals surface area contributed by atoms with Crippen LogP contribution in [0.4, 0.5) is 0 Å². The topological polar surface area (TPSA) is 47.6 Å². The Morgan fingerprint density at radius 1 is 1.04 bits per heavy atom. The summed E-state index contributed by atoms with van der Waals surface area (Å²) in [6.45, 7) is 2.66. The molecule has 0 heterocycles. The largest absolute Gasteiger partial charge is 0.497 e. The van der Waals surface area contributed by atoms with Crippen molar-refractivity contribution in [3.8, 4) is 11.5 Å². The third kappa shape index (κ3) is 5.01. The van der Waals surface area contributed by atoms with Gasteiger partial charge in [-0.2, -0.15) is 0 Å². The maximum Gasteiger partial charge on any atom is 0.220 e. The van der Waals surface area contributed by atoms with E-state index in [-0.39, 0.29) is 11.8 Å². The van der Waals surface area contributed by atoms with Crippen molar-refractivity contribution >= 4 is 5.91 Å². The van der Waals surface area contributed by atoms with E-state index in [0.717, 1.165) is 29.0 Å². The lowest BCUT2D eigenvalue weighted by Crippen LogP contribution is -2.26. The monoisotopic (exact) mass is 327 g/mol. The highest BCUT2D eigenvalue weighted by Crippen LogP contribution is 2.22. The van der Waals surface area contributed by atoms with Crippen LogP contribution in [0.2, 0.25) is 0 Å². The minimum Gasteiger partial charge on any atom is -0.497 e. The van der Waals surface area contributed by atoms with Gasteiger partial charge in [0, 0.05) is 13.0 Å². The van der Waals surface area contributed by atoms with Gasteiger partial charge in [-0.1, -0.05) is 37.3 Å². The maximum atomic E-state index is 12.1. The lowest BCUT2D eigenvalue weighted by Gasteiger charge is -2.13. The van der Waals surface area contributed by atoms with Crippen LogP contribution < -0.4 is 14.8 Å². The van der Waals surface area contributed by atoms with Crippen molar-refractivity contribution in [3.05, 3.63) is 59.7 Å². The number of hydrogen-bond acceptors (Lipinski definition) is 3. The van der Waals surface area contributed by atoms with E-state index in [1.165, 1.54) is 0 Å². The highest BCUT2D eigenvalue weighted by atomic mass is 16.5. The molecule has 1 N–H and O–H groups in total. The summed E-state index contributed by atoms with van der Waals surface area (Å²) >= 11 is 0. The number of hydrogen-bond donors (Lipinski definition) is 1. The maximum absolute atomic E-state index is 12.1. The summed E-state index contributed by atoms with van der Waals surface area (Å²) in [6.07, 6.45) is 1.23. The molecule has 0 saturated heterocycles. The number of rotatable bonds is 8. The van der Waals surface area contributed by atoms with E-state index >= 15 is 0 Å². The molecule has 0 aromatic heterocycles. The van der Waals surface area contributed by atoms with Crippen LogP contribution in [-0.4, -0.2) is 26.7 Å². The zero-order valence-corrected chi connectivity index (χ0v) is 14.5. The minimum absolute atomic E-state index is 0.0632. The molecule has 0 spiro atoms. The van der Waals surface area contributed by atoms with E-state index in [1.54, 1.807) is 14.2 Å². The van der Waals surface area contributed by atoms with Gasteiger partial charge in [-0.15, -0.1) is 0 Å². The number of benzene rings is 2. The molecule has 0 aliphatic heterocycles. The van der Waals surface area contributed by atoms with Gasteiger partial charge in [-0.05, 0) is 41.7 Å². The highest BCUT2D eigenvalue weighted by Gasteiger charge is 2.11. The van der Waals surface area contributed by atoms with Gasteiger partial charge in [0.1, 0.15) is 11.5 Å². The van der Waals surface area contributed by atoms with Crippen LogP contribution in [0.25, 0.3) is 0 Å². The van der Waals surface area contributed by atoms with Gasteiger partial charge in [0.25, 0.3) is 0 Å². The third-order valence-electron chi connectivity index (χ3n) is 4.09. The summed E-state index contributed by atoms with van der Waals surface area (Å²) in [5.74, 6) is 1.92. The smallest absolute Gasteiger partial charge is 0.220 e. The predicted molar refractivity (Wildman–Crippen MR) is 95.7 cm³/mol. The molecule has 1 atom stereocenters. The Hall–Kier alpha value is -2.49. The van der Waals surface area contributed by atoms with Gasteiger partial charge < -0.3 is 14.8 Å². The van der Waals surface area contributed by atoms with Crippen molar-refractivity contribution in [3.63, 3.8) is 0 Å². The number of ether oxygens (including phenoxy) is 2. The van der Waals surface area contributed by atoms with Gasteiger partial charge in [-0.25, -0.2) is 0 Å². The van der Waals surface area contributed by atoms with Gasteiger partial charge in [0.2, 0.25) is 5.91 Å². The van der Waals surface area contributed by atoms with Crippen LogP contribution >= 0.6 is 0 Å². The van der Waals surface area contributed by atoms with Crippen molar-refractivity contribution in [2.75, 3.05) is 20.8 Å². The molecular weight excluding hydrogens is 302 g/mol. The Morgan fingerprint density at radius 3 is 2.42 bits per heavy atom. The first-order valence-corrected chi connectivity index (χ1v) is 8.16. The van der Waals surface area contributed by atoms with E-state index in [0.29, 0.717) is 13.0 Å². The fraction of sp³-hybridized carbons (Fsp3) is 0.350. The van der Waals surface area contributed by atoms with E-state index in [4.69, 9.17) is 9.47 Å². The lowest BCUT2D eigenvalue weighted by atomic mass is 9.97. The van der Waals surface area contributed by atoms with Crippen LogP contribution in [0.3, 0.4) is 0 Å². The fourth-order valence-electron chi connectivity index (χ4n) is 2.65.